The lowest BCUT2D eigenvalue weighted by Gasteiger charge is -2.16. The molecule has 0 saturated carbocycles. The number of hydrogen-bond donors (Lipinski definition) is 0. The Morgan fingerprint density at radius 2 is 0.455 bits per heavy atom. The molecule has 406 valence electrons. The molecule has 0 aliphatic carbocycles. The summed E-state index contributed by atoms with van der Waals surface area (Å²) in [5, 5.41) is 43.9. The number of nitrogens with zero attached hydrogens (tertiary/aromatic N) is 12. The van der Waals surface area contributed by atoms with E-state index in [2.05, 4.69) is 94.1 Å². The van der Waals surface area contributed by atoms with E-state index in [1.807, 2.05) is 194 Å². The third kappa shape index (κ3) is 9.37. The van der Waals surface area contributed by atoms with Gasteiger partial charge >= 0.3 is 0 Å². The van der Waals surface area contributed by atoms with Gasteiger partial charge in [0.25, 0.3) is 0 Å². The highest BCUT2D eigenvalue weighted by molar-refractivity contribution is 6.11. The lowest BCUT2D eigenvalue weighted by molar-refractivity contribution is 1.07. The van der Waals surface area contributed by atoms with Crippen LogP contribution in [-0.4, -0.2) is 39.0 Å². The van der Waals surface area contributed by atoms with Crippen LogP contribution in [0.15, 0.2) is 255 Å². The third-order valence-corrected chi connectivity index (χ3v) is 15.8. The highest BCUT2D eigenvalue weighted by Gasteiger charge is 2.22. The maximum atomic E-state index is 10.1. The summed E-state index contributed by atoms with van der Waals surface area (Å²) in [4.78, 5) is 31.0. The molecule has 0 aliphatic rings. The molecule has 0 aliphatic heterocycles. The first kappa shape index (κ1) is 51.8. The third-order valence-electron chi connectivity index (χ3n) is 15.8. The Bertz CT molecular complexity index is 4900. The van der Waals surface area contributed by atoms with Crippen molar-refractivity contribution in [3.63, 3.8) is 0 Å². The Labute approximate surface area is 504 Å². The molecule has 0 N–H and O–H groups in total. The van der Waals surface area contributed by atoms with Crippen molar-refractivity contribution in [1.82, 2.24) is 39.0 Å². The van der Waals surface area contributed by atoms with E-state index in [0.29, 0.717) is 57.2 Å². The second kappa shape index (κ2) is 21.6. The fourth-order valence-electron chi connectivity index (χ4n) is 11.7. The van der Waals surface area contributed by atoms with Crippen molar-refractivity contribution < 1.29 is 0 Å². The fraction of sp³-hybridized carbons (Fsp3) is 0. The van der Waals surface area contributed by atoms with E-state index in [0.717, 1.165) is 111 Å². The normalized spacial score (nSPS) is 11.1. The Hall–Kier alpha value is -13.0. The van der Waals surface area contributed by atoms with Crippen LogP contribution in [0.2, 0.25) is 0 Å². The van der Waals surface area contributed by atoms with E-state index in [9.17, 15) is 21.0 Å². The molecule has 0 atom stereocenters. The average molecular weight is 1120 g/mol. The number of nitriles is 4. The molecular weight excluding hydrogens is 1080 g/mol. The topological polar surface area (TPSA) is 182 Å². The Morgan fingerprint density at radius 1 is 0.216 bits per heavy atom. The minimum absolute atomic E-state index is 0.459. The molecular formula is C76H42N12. The van der Waals surface area contributed by atoms with E-state index in [4.69, 9.17) is 29.9 Å². The summed E-state index contributed by atoms with van der Waals surface area (Å²) < 4.78 is 4.34. The molecule has 4 aromatic heterocycles. The maximum absolute atomic E-state index is 10.1. The van der Waals surface area contributed by atoms with Gasteiger partial charge in [-0.2, -0.15) is 21.0 Å². The second-order valence-electron chi connectivity index (χ2n) is 21.2. The van der Waals surface area contributed by atoms with Crippen molar-refractivity contribution in [2.75, 3.05) is 0 Å². The van der Waals surface area contributed by atoms with Crippen molar-refractivity contribution in [3.05, 3.63) is 277 Å². The summed E-state index contributed by atoms with van der Waals surface area (Å²) in [5.41, 5.74) is 15.2. The quantitative estimate of drug-likeness (QED) is 0.128. The molecule has 0 unspecified atom stereocenters. The molecule has 15 rings (SSSR count). The lowest BCUT2D eigenvalue weighted by Crippen LogP contribution is -2.02. The lowest BCUT2D eigenvalue weighted by atomic mass is 9.95. The molecule has 15 aromatic rings. The van der Waals surface area contributed by atoms with E-state index in [-0.39, 0.29) is 0 Å². The first-order valence-corrected chi connectivity index (χ1v) is 28.3. The Kier molecular flexibility index (Phi) is 12.7. The molecule has 0 saturated heterocycles. The molecule has 0 bridgehead atoms. The van der Waals surface area contributed by atoms with Crippen molar-refractivity contribution >= 4 is 43.6 Å². The van der Waals surface area contributed by atoms with Gasteiger partial charge in [0.05, 0.1) is 68.6 Å². The summed E-state index contributed by atoms with van der Waals surface area (Å²) in [5.74, 6) is 2.99. The van der Waals surface area contributed by atoms with Crippen LogP contribution in [-0.2, 0) is 0 Å². The van der Waals surface area contributed by atoms with Crippen molar-refractivity contribution in [2.24, 2.45) is 0 Å². The van der Waals surface area contributed by atoms with Gasteiger partial charge in [0.15, 0.2) is 34.9 Å². The van der Waals surface area contributed by atoms with E-state index in [1.54, 1.807) is 0 Å². The highest BCUT2D eigenvalue weighted by atomic mass is 15.1. The van der Waals surface area contributed by atoms with E-state index < -0.39 is 0 Å². The zero-order valence-corrected chi connectivity index (χ0v) is 46.6. The van der Waals surface area contributed by atoms with Gasteiger partial charge in [-0.05, 0) is 138 Å². The molecule has 12 heteroatoms. The second-order valence-corrected chi connectivity index (χ2v) is 21.2. The van der Waals surface area contributed by atoms with Gasteiger partial charge in [-0.25, -0.2) is 29.9 Å². The highest BCUT2D eigenvalue weighted by Crippen LogP contribution is 2.41. The Balaban J connectivity index is 0.979. The largest absolute Gasteiger partial charge is 0.309 e. The number of benzene rings is 11. The molecule has 0 spiro atoms. The van der Waals surface area contributed by atoms with Crippen LogP contribution in [0.1, 0.15) is 22.3 Å². The van der Waals surface area contributed by atoms with Crippen LogP contribution in [0.4, 0.5) is 0 Å². The predicted octanol–water partition coefficient (Wildman–Crippen LogP) is 17.1. The minimum Gasteiger partial charge on any atom is -0.309 e. The summed E-state index contributed by atoms with van der Waals surface area (Å²) in [6, 6.07) is 92.6. The van der Waals surface area contributed by atoms with Gasteiger partial charge in [-0.15, -0.1) is 0 Å². The monoisotopic (exact) mass is 1120 g/mol. The van der Waals surface area contributed by atoms with E-state index >= 15 is 0 Å². The number of fused-ring (bicyclic) bond motifs is 6. The zero-order chi connectivity index (χ0) is 59.2. The van der Waals surface area contributed by atoms with Crippen molar-refractivity contribution in [2.45, 2.75) is 0 Å². The van der Waals surface area contributed by atoms with Crippen molar-refractivity contribution in [3.8, 4) is 126 Å². The molecule has 4 heterocycles. The van der Waals surface area contributed by atoms with Gasteiger partial charge in [-0.3, -0.25) is 0 Å². The van der Waals surface area contributed by atoms with Crippen LogP contribution in [0, 0.1) is 45.3 Å². The molecule has 12 nitrogen and oxygen atoms in total. The van der Waals surface area contributed by atoms with Crippen LogP contribution in [0.5, 0.6) is 0 Å². The first-order chi connectivity index (χ1) is 43.4. The predicted molar refractivity (Wildman–Crippen MR) is 344 cm³/mol. The van der Waals surface area contributed by atoms with Gasteiger partial charge in [-0.1, -0.05) is 140 Å². The molecule has 0 radical (unpaired) electrons. The van der Waals surface area contributed by atoms with Gasteiger partial charge in [0, 0.05) is 66.3 Å². The fourth-order valence-corrected chi connectivity index (χ4v) is 11.7. The average Bonchev–Trinajstić information content (AvgIpc) is 3.96. The maximum Gasteiger partial charge on any atom is 0.164 e. The first-order valence-electron chi connectivity index (χ1n) is 28.3. The zero-order valence-electron chi connectivity index (χ0n) is 46.6. The number of rotatable bonds is 10. The van der Waals surface area contributed by atoms with Crippen molar-refractivity contribution in [1.29, 1.82) is 21.0 Å². The summed E-state index contributed by atoms with van der Waals surface area (Å²) in [6.07, 6.45) is 0. The van der Waals surface area contributed by atoms with E-state index in [1.165, 1.54) is 0 Å². The smallest absolute Gasteiger partial charge is 0.164 e. The number of hydrogen-bond acceptors (Lipinski definition) is 10. The molecule has 0 fully saturated rings. The number of aromatic nitrogens is 8. The summed E-state index contributed by atoms with van der Waals surface area (Å²) in [6.45, 7) is 0. The Morgan fingerprint density at radius 3 is 0.727 bits per heavy atom. The molecule has 11 aromatic carbocycles. The van der Waals surface area contributed by atoms with Crippen LogP contribution < -0.4 is 0 Å². The standard InChI is InChI=1S/C76H42N12/c77-43-47-24-28-67-63(32-47)64-33-48(44-78)25-29-68(64)87(67)61-39-57(37-59(41-61)75-83-71(51-14-5-1-6-15-51)81-72(84-75)52-16-7-2-8-17-52)55-22-13-23-56(36-55)58-38-60(76-85-73(53-18-9-3-10-19-53)82-74(86-76)54-20-11-4-12-21-54)42-62(40-58)88-69-30-26-49(45-79)34-65(69)66-35-50(46-80)27-31-70(66)88/h1-42H. The molecule has 0 amide bonds. The van der Waals surface area contributed by atoms with Crippen LogP contribution in [0.3, 0.4) is 0 Å². The molecule has 88 heavy (non-hydrogen) atoms. The minimum atomic E-state index is 0.459. The van der Waals surface area contributed by atoms with Gasteiger partial charge in [0.2, 0.25) is 0 Å². The van der Waals surface area contributed by atoms with Gasteiger partial charge in [0.1, 0.15) is 0 Å². The SMILES string of the molecule is N#Cc1ccc2c(c1)c1cc(C#N)ccc1n2-c1cc(-c2cccc(-c3cc(-c4nc(-c5ccccc5)nc(-c5ccccc5)n4)cc(-n4c5ccc(C#N)cc5c5cc(C#N)ccc54)c3)c2)cc(-c2nc(-c3ccccc3)nc(-c3ccccc3)n2)c1. The summed E-state index contributed by atoms with van der Waals surface area (Å²) >= 11 is 0. The van der Waals surface area contributed by atoms with Crippen LogP contribution in [0.25, 0.3) is 146 Å². The van der Waals surface area contributed by atoms with Crippen LogP contribution >= 0.6 is 0 Å². The van der Waals surface area contributed by atoms with Gasteiger partial charge < -0.3 is 9.13 Å². The summed E-state index contributed by atoms with van der Waals surface area (Å²) in [7, 11) is 0.